The lowest BCUT2D eigenvalue weighted by atomic mass is 9.95. The Morgan fingerprint density at radius 2 is 2.32 bits per heavy atom. The third-order valence-electron chi connectivity index (χ3n) is 4.66. The number of fused-ring (bicyclic) bond motifs is 1. The molecule has 4 rings (SSSR count). The fraction of sp³-hybridized carbons (Fsp3) is 0.500. The zero-order valence-corrected chi connectivity index (χ0v) is 13.6. The van der Waals surface area contributed by atoms with Crippen LogP contribution in [-0.2, 0) is 24.9 Å². The smallest absolute Gasteiger partial charge is 0.233 e. The van der Waals surface area contributed by atoms with E-state index >= 15 is 0 Å². The fourth-order valence-corrected chi connectivity index (χ4v) is 4.05. The van der Waals surface area contributed by atoms with E-state index in [9.17, 15) is 4.79 Å². The van der Waals surface area contributed by atoms with Gasteiger partial charge >= 0.3 is 0 Å². The molecule has 6 heteroatoms. The lowest BCUT2D eigenvalue weighted by Crippen LogP contribution is -2.48. The lowest BCUT2D eigenvalue weighted by molar-refractivity contribution is -0.137. The second-order valence-corrected chi connectivity index (χ2v) is 7.00. The van der Waals surface area contributed by atoms with Gasteiger partial charge in [0.1, 0.15) is 0 Å². The van der Waals surface area contributed by atoms with Crippen LogP contribution in [0.4, 0.5) is 0 Å². The quantitative estimate of drug-likeness (QED) is 0.867. The Morgan fingerprint density at radius 3 is 3.00 bits per heavy atom. The number of rotatable bonds is 3. The predicted molar refractivity (Wildman–Crippen MR) is 85.6 cm³/mol. The van der Waals surface area contributed by atoms with E-state index in [1.807, 2.05) is 22.8 Å². The highest BCUT2D eigenvalue weighted by molar-refractivity contribution is 7.07. The standard InChI is InChI=1S/C16H20N4OS/c1-18-11-17-14-9-19(7-12-3-6-22-10-12)8-13(15(14)18)16(21)20-4-2-5-20/h3,6,10-11,13H,2,4-5,7-9H2,1H3. The van der Waals surface area contributed by atoms with Gasteiger partial charge < -0.3 is 9.47 Å². The largest absolute Gasteiger partial charge is 0.342 e. The zero-order chi connectivity index (χ0) is 15.1. The van der Waals surface area contributed by atoms with E-state index in [0.29, 0.717) is 0 Å². The van der Waals surface area contributed by atoms with Crippen molar-refractivity contribution in [1.82, 2.24) is 19.4 Å². The summed E-state index contributed by atoms with van der Waals surface area (Å²) in [6, 6.07) is 2.16. The normalized spacial score (nSPS) is 21.5. The number of amides is 1. The van der Waals surface area contributed by atoms with Crippen molar-refractivity contribution in [3.63, 3.8) is 0 Å². The number of likely N-dealkylation sites (tertiary alicyclic amines) is 1. The highest BCUT2D eigenvalue weighted by Gasteiger charge is 2.37. The third kappa shape index (κ3) is 2.36. The second-order valence-electron chi connectivity index (χ2n) is 6.22. The molecule has 116 valence electrons. The number of aryl methyl sites for hydroxylation is 1. The van der Waals surface area contributed by atoms with Gasteiger partial charge in [-0.05, 0) is 28.8 Å². The van der Waals surface area contributed by atoms with Gasteiger partial charge in [-0.2, -0.15) is 11.3 Å². The number of thiophene rings is 1. The number of nitrogens with zero attached hydrogens (tertiary/aromatic N) is 4. The van der Waals surface area contributed by atoms with Gasteiger partial charge in [-0.15, -0.1) is 0 Å². The number of aromatic nitrogens is 2. The first kappa shape index (κ1) is 14.0. The Hall–Kier alpha value is -1.66. The summed E-state index contributed by atoms with van der Waals surface area (Å²) in [5.74, 6) is 0.196. The minimum absolute atomic E-state index is 0.0739. The summed E-state index contributed by atoms with van der Waals surface area (Å²) >= 11 is 1.72. The van der Waals surface area contributed by atoms with Crippen molar-refractivity contribution in [2.45, 2.75) is 25.4 Å². The molecule has 0 spiro atoms. The van der Waals surface area contributed by atoms with Gasteiger partial charge in [0, 0.05) is 39.8 Å². The number of imidazole rings is 1. The Kier molecular flexibility index (Phi) is 3.50. The monoisotopic (exact) mass is 316 g/mol. The molecule has 1 amide bonds. The Bertz CT molecular complexity index is 674. The molecule has 2 aromatic rings. The van der Waals surface area contributed by atoms with Gasteiger partial charge in [-0.25, -0.2) is 4.98 Å². The van der Waals surface area contributed by atoms with Gasteiger partial charge in [-0.3, -0.25) is 9.69 Å². The van der Waals surface area contributed by atoms with Crippen molar-refractivity contribution in [3.8, 4) is 0 Å². The van der Waals surface area contributed by atoms with E-state index in [1.165, 1.54) is 5.56 Å². The summed E-state index contributed by atoms with van der Waals surface area (Å²) < 4.78 is 2.03. The van der Waals surface area contributed by atoms with Crippen LogP contribution >= 0.6 is 11.3 Å². The first-order valence-corrected chi connectivity index (χ1v) is 8.69. The van der Waals surface area contributed by atoms with Gasteiger partial charge in [0.15, 0.2) is 0 Å². The number of hydrogen-bond donors (Lipinski definition) is 0. The maximum absolute atomic E-state index is 12.8. The average molecular weight is 316 g/mol. The molecule has 2 aliphatic heterocycles. The molecule has 0 aliphatic carbocycles. The third-order valence-corrected chi connectivity index (χ3v) is 5.39. The summed E-state index contributed by atoms with van der Waals surface area (Å²) in [4.78, 5) is 21.7. The summed E-state index contributed by atoms with van der Waals surface area (Å²) in [5, 5.41) is 4.29. The molecule has 22 heavy (non-hydrogen) atoms. The van der Waals surface area contributed by atoms with Gasteiger partial charge in [0.2, 0.25) is 5.91 Å². The molecule has 5 nitrogen and oxygen atoms in total. The van der Waals surface area contributed by atoms with Crippen LogP contribution < -0.4 is 0 Å². The van der Waals surface area contributed by atoms with E-state index in [-0.39, 0.29) is 11.8 Å². The molecule has 0 saturated carbocycles. The molecular weight excluding hydrogens is 296 g/mol. The Balaban J connectivity index is 1.60. The van der Waals surface area contributed by atoms with Crippen molar-refractivity contribution in [2.75, 3.05) is 19.6 Å². The van der Waals surface area contributed by atoms with Crippen LogP contribution in [0.3, 0.4) is 0 Å². The molecule has 1 atom stereocenters. The van der Waals surface area contributed by atoms with Gasteiger partial charge in [0.25, 0.3) is 0 Å². The van der Waals surface area contributed by atoms with Crippen LogP contribution in [0.2, 0.25) is 0 Å². The Morgan fingerprint density at radius 1 is 1.45 bits per heavy atom. The van der Waals surface area contributed by atoms with Crippen LogP contribution in [0.5, 0.6) is 0 Å². The Labute approximate surface area is 134 Å². The van der Waals surface area contributed by atoms with Crippen molar-refractivity contribution in [1.29, 1.82) is 0 Å². The summed E-state index contributed by atoms with van der Waals surface area (Å²) in [7, 11) is 2.00. The first-order chi connectivity index (χ1) is 10.7. The van der Waals surface area contributed by atoms with Crippen LogP contribution in [-0.4, -0.2) is 44.9 Å². The summed E-state index contributed by atoms with van der Waals surface area (Å²) in [6.07, 6.45) is 2.98. The minimum Gasteiger partial charge on any atom is -0.342 e. The zero-order valence-electron chi connectivity index (χ0n) is 12.7. The average Bonchev–Trinajstić information content (AvgIpc) is 3.07. The summed E-state index contributed by atoms with van der Waals surface area (Å²) in [6.45, 7) is 4.33. The summed E-state index contributed by atoms with van der Waals surface area (Å²) in [5.41, 5.74) is 3.49. The van der Waals surface area contributed by atoms with Crippen molar-refractivity contribution in [2.24, 2.45) is 7.05 Å². The number of carbonyl (C=O) groups is 1. The fourth-order valence-electron chi connectivity index (χ4n) is 3.39. The van der Waals surface area contributed by atoms with Crippen LogP contribution in [0, 0.1) is 0 Å². The highest BCUT2D eigenvalue weighted by atomic mass is 32.1. The first-order valence-electron chi connectivity index (χ1n) is 7.74. The molecule has 0 N–H and O–H groups in total. The van der Waals surface area contributed by atoms with E-state index in [4.69, 9.17) is 0 Å². The molecule has 1 fully saturated rings. The van der Waals surface area contributed by atoms with Crippen molar-refractivity contribution < 1.29 is 4.79 Å². The molecule has 1 saturated heterocycles. The molecule has 1 unspecified atom stereocenters. The maximum Gasteiger partial charge on any atom is 0.233 e. The molecule has 0 aromatic carbocycles. The van der Waals surface area contributed by atoms with E-state index in [0.717, 1.165) is 50.5 Å². The van der Waals surface area contributed by atoms with E-state index < -0.39 is 0 Å². The van der Waals surface area contributed by atoms with Crippen molar-refractivity contribution in [3.05, 3.63) is 40.1 Å². The second kappa shape index (κ2) is 5.52. The SMILES string of the molecule is Cn1cnc2c1C(C(=O)N1CCC1)CN(Cc1ccsc1)C2. The molecule has 0 radical (unpaired) electrons. The predicted octanol–water partition coefficient (Wildman–Crippen LogP) is 1.81. The lowest BCUT2D eigenvalue weighted by Gasteiger charge is -2.38. The van der Waals surface area contributed by atoms with Crippen LogP contribution in [0.1, 0.15) is 29.3 Å². The molecular formula is C16H20N4OS. The van der Waals surface area contributed by atoms with Gasteiger partial charge in [0.05, 0.1) is 23.6 Å². The van der Waals surface area contributed by atoms with E-state index in [1.54, 1.807) is 11.3 Å². The minimum atomic E-state index is -0.0739. The van der Waals surface area contributed by atoms with Crippen molar-refractivity contribution >= 4 is 17.2 Å². The highest BCUT2D eigenvalue weighted by Crippen LogP contribution is 2.31. The maximum atomic E-state index is 12.8. The van der Waals surface area contributed by atoms with Crippen LogP contribution in [0.15, 0.2) is 23.2 Å². The van der Waals surface area contributed by atoms with Crippen LogP contribution in [0.25, 0.3) is 0 Å². The number of hydrogen-bond acceptors (Lipinski definition) is 4. The molecule has 4 heterocycles. The molecule has 2 aliphatic rings. The van der Waals surface area contributed by atoms with E-state index in [2.05, 4.69) is 26.7 Å². The number of carbonyl (C=O) groups excluding carboxylic acids is 1. The molecule has 2 aromatic heterocycles. The van der Waals surface area contributed by atoms with Gasteiger partial charge in [-0.1, -0.05) is 0 Å². The topological polar surface area (TPSA) is 41.4 Å². The molecule has 0 bridgehead atoms.